The number of carbonyl (C=O) groups is 1. The van der Waals surface area contributed by atoms with Crippen molar-refractivity contribution in [2.24, 2.45) is 0 Å². The number of halogens is 1. The fraction of sp³-hybridized carbons (Fsp3) is 0.312. The summed E-state index contributed by atoms with van der Waals surface area (Å²) in [6.45, 7) is 3.32. The second-order valence-corrected chi connectivity index (χ2v) is 6.43. The number of thiophene rings is 1. The third kappa shape index (κ3) is 4.76. The average molecular weight is 323 g/mol. The summed E-state index contributed by atoms with van der Waals surface area (Å²) >= 11 is 7.62. The number of amides is 2. The van der Waals surface area contributed by atoms with E-state index < -0.39 is 0 Å². The molecule has 0 atom stereocenters. The molecule has 2 rings (SSSR count). The van der Waals surface area contributed by atoms with Gasteiger partial charge in [-0.15, -0.1) is 11.3 Å². The van der Waals surface area contributed by atoms with Crippen LogP contribution in [0.15, 0.2) is 35.7 Å². The molecule has 1 aromatic heterocycles. The highest BCUT2D eigenvalue weighted by Gasteiger charge is 2.10. The number of nitrogens with zero attached hydrogens (tertiary/aromatic N) is 1. The maximum Gasteiger partial charge on any atom is 0.317 e. The lowest BCUT2D eigenvalue weighted by Gasteiger charge is -2.17. The minimum atomic E-state index is -0.0511. The van der Waals surface area contributed by atoms with Crippen LogP contribution in [-0.2, 0) is 13.0 Å². The molecule has 2 aromatic rings. The Hall–Kier alpha value is -1.52. The Bertz CT molecular complexity index is 612. The predicted molar refractivity (Wildman–Crippen MR) is 89.1 cm³/mol. The molecule has 5 heteroatoms. The highest BCUT2D eigenvalue weighted by Crippen LogP contribution is 2.17. The normalized spacial score (nSPS) is 10.4. The summed E-state index contributed by atoms with van der Waals surface area (Å²) in [7, 11) is 1.81. The van der Waals surface area contributed by atoms with Crippen LogP contribution in [0.4, 0.5) is 4.79 Å². The molecule has 1 heterocycles. The number of aryl methyl sites for hydroxylation is 1. The maximum absolute atomic E-state index is 12.0. The summed E-state index contributed by atoms with van der Waals surface area (Å²) in [4.78, 5) is 15.0. The lowest BCUT2D eigenvalue weighted by molar-refractivity contribution is 0.207. The van der Waals surface area contributed by atoms with Crippen molar-refractivity contribution >= 4 is 29.0 Å². The van der Waals surface area contributed by atoms with Crippen LogP contribution in [0.25, 0.3) is 0 Å². The van der Waals surface area contributed by atoms with E-state index in [-0.39, 0.29) is 6.03 Å². The first-order valence-electron chi connectivity index (χ1n) is 6.82. The molecule has 0 aliphatic rings. The van der Waals surface area contributed by atoms with E-state index in [0.717, 1.165) is 17.0 Å². The number of rotatable bonds is 5. The van der Waals surface area contributed by atoms with Crippen LogP contribution in [-0.4, -0.2) is 24.5 Å². The van der Waals surface area contributed by atoms with Gasteiger partial charge in [-0.1, -0.05) is 23.7 Å². The molecular formula is C16H19ClN2OS. The Kier molecular flexibility index (Phi) is 5.65. The van der Waals surface area contributed by atoms with Gasteiger partial charge >= 0.3 is 6.03 Å². The zero-order valence-electron chi connectivity index (χ0n) is 12.2. The zero-order chi connectivity index (χ0) is 15.2. The standard InChI is InChI=1S/C16H19ClN2OS/c1-12-7-9-21-15(12)11-19(2)16(20)18-8-6-13-4-3-5-14(17)10-13/h3-5,7,9-10H,6,8,11H2,1-2H3,(H,18,20). The topological polar surface area (TPSA) is 32.3 Å². The van der Waals surface area contributed by atoms with Crippen molar-refractivity contribution in [1.29, 1.82) is 0 Å². The minimum absolute atomic E-state index is 0.0511. The largest absolute Gasteiger partial charge is 0.338 e. The number of hydrogen-bond acceptors (Lipinski definition) is 2. The van der Waals surface area contributed by atoms with Gasteiger partial charge in [0.2, 0.25) is 0 Å². The van der Waals surface area contributed by atoms with Crippen molar-refractivity contribution in [1.82, 2.24) is 10.2 Å². The average Bonchev–Trinajstić information content (AvgIpc) is 2.84. The second-order valence-electron chi connectivity index (χ2n) is 4.99. The summed E-state index contributed by atoms with van der Waals surface area (Å²) in [6, 6.07) is 9.73. The quantitative estimate of drug-likeness (QED) is 0.883. The van der Waals surface area contributed by atoms with E-state index in [0.29, 0.717) is 13.1 Å². The van der Waals surface area contributed by atoms with Crippen LogP contribution in [0, 0.1) is 6.92 Å². The molecule has 3 nitrogen and oxygen atoms in total. The Morgan fingerprint density at radius 1 is 1.38 bits per heavy atom. The van der Waals surface area contributed by atoms with E-state index in [9.17, 15) is 4.79 Å². The Morgan fingerprint density at radius 3 is 2.86 bits per heavy atom. The lowest BCUT2D eigenvalue weighted by Crippen LogP contribution is -2.37. The number of benzene rings is 1. The number of carbonyl (C=O) groups excluding carboxylic acids is 1. The molecule has 0 saturated heterocycles. The molecule has 0 unspecified atom stereocenters. The molecular weight excluding hydrogens is 304 g/mol. The molecule has 0 spiro atoms. The molecule has 2 amide bonds. The molecule has 0 aliphatic heterocycles. The third-order valence-corrected chi connectivity index (χ3v) is 4.52. The van der Waals surface area contributed by atoms with Gasteiger partial charge in [0.25, 0.3) is 0 Å². The van der Waals surface area contributed by atoms with Gasteiger partial charge in [-0.05, 0) is 48.1 Å². The summed E-state index contributed by atoms with van der Waals surface area (Å²) in [6.07, 6.45) is 0.776. The van der Waals surface area contributed by atoms with E-state index in [4.69, 9.17) is 11.6 Å². The van der Waals surface area contributed by atoms with Crippen LogP contribution < -0.4 is 5.32 Å². The minimum Gasteiger partial charge on any atom is -0.338 e. The first-order chi connectivity index (χ1) is 10.1. The monoisotopic (exact) mass is 322 g/mol. The van der Waals surface area contributed by atoms with Gasteiger partial charge in [0.15, 0.2) is 0 Å². The van der Waals surface area contributed by atoms with Crippen LogP contribution >= 0.6 is 22.9 Å². The zero-order valence-corrected chi connectivity index (χ0v) is 13.8. The van der Waals surface area contributed by atoms with Crippen molar-refractivity contribution in [2.45, 2.75) is 19.9 Å². The van der Waals surface area contributed by atoms with Crippen molar-refractivity contribution in [3.8, 4) is 0 Å². The highest BCUT2D eigenvalue weighted by molar-refractivity contribution is 7.10. The SMILES string of the molecule is Cc1ccsc1CN(C)C(=O)NCCc1cccc(Cl)c1. The Balaban J connectivity index is 1.77. The van der Waals surface area contributed by atoms with Crippen LogP contribution in [0.5, 0.6) is 0 Å². The summed E-state index contributed by atoms with van der Waals surface area (Å²) in [5.41, 5.74) is 2.36. The fourth-order valence-electron chi connectivity index (χ4n) is 1.99. The van der Waals surface area contributed by atoms with E-state index >= 15 is 0 Å². The first-order valence-corrected chi connectivity index (χ1v) is 8.08. The Labute approximate surface area is 134 Å². The predicted octanol–water partition coefficient (Wildman–Crippen LogP) is 4.09. The molecule has 112 valence electrons. The van der Waals surface area contributed by atoms with E-state index in [2.05, 4.69) is 23.7 Å². The van der Waals surface area contributed by atoms with Crippen LogP contribution in [0.3, 0.4) is 0 Å². The summed E-state index contributed by atoms with van der Waals surface area (Å²) in [5.74, 6) is 0. The Morgan fingerprint density at radius 2 is 2.19 bits per heavy atom. The van der Waals surface area contributed by atoms with E-state index in [1.54, 1.807) is 16.2 Å². The molecule has 0 fully saturated rings. The van der Waals surface area contributed by atoms with Gasteiger partial charge < -0.3 is 10.2 Å². The third-order valence-electron chi connectivity index (χ3n) is 3.27. The van der Waals surface area contributed by atoms with Crippen molar-refractivity contribution in [3.05, 3.63) is 56.7 Å². The van der Waals surface area contributed by atoms with Crippen molar-refractivity contribution in [2.75, 3.05) is 13.6 Å². The molecule has 1 aromatic carbocycles. The first kappa shape index (κ1) is 15.9. The molecule has 0 radical (unpaired) electrons. The second kappa shape index (κ2) is 7.48. The molecule has 0 bridgehead atoms. The smallest absolute Gasteiger partial charge is 0.317 e. The molecule has 1 N–H and O–H groups in total. The fourth-order valence-corrected chi connectivity index (χ4v) is 3.17. The summed E-state index contributed by atoms with van der Waals surface area (Å²) < 4.78 is 0. The molecule has 21 heavy (non-hydrogen) atoms. The molecule has 0 aliphatic carbocycles. The summed E-state index contributed by atoms with van der Waals surface area (Å²) in [5, 5.41) is 5.71. The van der Waals surface area contributed by atoms with Gasteiger partial charge in [0.1, 0.15) is 0 Å². The van der Waals surface area contributed by atoms with Gasteiger partial charge in [-0.25, -0.2) is 4.79 Å². The van der Waals surface area contributed by atoms with E-state index in [1.165, 1.54) is 10.4 Å². The van der Waals surface area contributed by atoms with Crippen molar-refractivity contribution < 1.29 is 4.79 Å². The lowest BCUT2D eigenvalue weighted by atomic mass is 10.1. The maximum atomic E-state index is 12.0. The van der Waals surface area contributed by atoms with Gasteiger partial charge in [0, 0.05) is 23.5 Å². The van der Waals surface area contributed by atoms with Crippen LogP contribution in [0.2, 0.25) is 5.02 Å². The van der Waals surface area contributed by atoms with Gasteiger partial charge in [-0.3, -0.25) is 0 Å². The van der Waals surface area contributed by atoms with Gasteiger partial charge in [0.05, 0.1) is 6.54 Å². The van der Waals surface area contributed by atoms with Crippen molar-refractivity contribution in [3.63, 3.8) is 0 Å². The number of nitrogens with one attached hydrogen (secondary N) is 1. The van der Waals surface area contributed by atoms with Crippen LogP contribution in [0.1, 0.15) is 16.0 Å². The van der Waals surface area contributed by atoms with E-state index in [1.807, 2.05) is 31.3 Å². The number of urea groups is 1. The molecule has 0 saturated carbocycles. The highest BCUT2D eigenvalue weighted by atomic mass is 35.5. The number of hydrogen-bond donors (Lipinski definition) is 1. The van der Waals surface area contributed by atoms with Gasteiger partial charge in [-0.2, -0.15) is 0 Å².